The van der Waals surface area contributed by atoms with Crippen molar-refractivity contribution in [2.24, 2.45) is 0 Å². The molecule has 1 aromatic heterocycles. The van der Waals surface area contributed by atoms with E-state index >= 15 is 0 Å². The van der Waals surface area contributed by atoms with Crippen LogP contribution in [0, 0.1) is 6.92 Å². The van der Waals surface area contributed by atoms with Gasteiger partial charge < -0.3 is 9.73 Å². The SMILES string of the molecule is CNC(Cc1ccccc1Cl)c1ccoc1C. The Morgan fingerprint density at radius 2 is 2.06 bits per heavy atom. The predicted octanol–water partition coefficient (Wildman–Crippen LogP) is 3.74. The Hall–Kier alpha value is -1.25. The van der Waals surface area contributed by atoms with E-state index in [4.69, 9.17) is 16.0 Å². The van der Waals surface area contributed by atoms with Crippen molar-refractivity contribution in [1.82, 2.24) is 5.32 Å². The summed E-state index contributed by atoms with van der Waals surface area (Å²) in [4.78, 5) is 0. The van der Waals surface area contributed by atoms with Crippen LogP contribution in [0.5, 0.6) is 0 Å². The molecule has 1 atom stereocenters. The van der Waals surface area contributed by atoms with Gasteiger partial charge in [-0.1, -0.05) is 29.8 Å². The first-order valence-corrected chi connectivity index (χ1v) is 6.05. The molecular formula is C14H16ClNO. The van der Waals surface area contributed by atoms with Crippen molar-refractivity contribution in [2.45, 2.75) is 19.4 Å². The Bertz CT molecular complexity index is 492. The van der Waals surface area contributed by atoms with E-state index in [1.807, 2.05) is 38.2 Å². The maximum atomic E-state index is 6.18. The zero-order valence-corrected chi connectivity index (χ0v) is 10.8. The van der Waals surface area contributed by atoms with Crippen LogP contribution >= 0.6 is 11.6 Å². The third kappa shape index (κ3) is 2.71. The molecule has 17 heavy (non-hydrogen) atoms. The van der Waals surface area contributed by atoms with Crippen LogP contribution in [0.4, 0.5) is 0 Å². The van der Waals surface area contributed by atoms with Gasteiger partial charge in [0.05, 0.1) is 6.26 Å². The largest absolute Gasteiger partial charge is 0.469 e. The van der Waals surface area contributed by atoms with Crippen molar-refractivity contribution in [3.8, 4) is 0 Å². The first kappa shape index (κ1) is 12.2. The van der Waals surface area contributed by atoms with Crippen LogP contribution in [0.2, 0.25) is 5.02 Å². The predicted molar refractivity (Wildman–Crippen MR) is 70.4 cm³/mol. The molecule has 2 rings (SSSR count). The number of benzene rings is 1. The van der Waals surface area contributed by atoms with Gasteiger partial charge in [-0.15, -0.1) is 0 Å². The molecule has 1 heterocycles. The van der Waals surface area contributed by atoms with Crippen LogP contribution in [0.3, 0.4) is 0 Å². The van der Waals surface area contributed by atoms with E-state index in [2.05, 4.69) is 11.4 Å². The van der Waals surface area contributed by atoms with Crippen LogP contribution < -0.4 is 5.32 Å². The lowest BCUT2D eigenvalue weighted by Crippen LogP contribution is -2.19. The maximum absolute atomic E-state index is 6.18. The Balaban J connectivity index is 2.22. The van der Waals surface area contributed by atoms with Crippen LogP contribution in [-0.4, -0.2) is 7.05 Å². The summed E-state index contributed by atoms with van der Waals surface area (Å²) < 4.78 is 5.34. The first-order chi connectivity index (χ1) is 8.22. The summed E-state index contributed by atoms with van der Waals surface area (Å²) >= 11 is 6.18. The average Bonchev–Trinajstić information content (AvgIpc) is 2.75. The third-order valence-electron chi connectivity index (χ3n) is 3.00. The molecule has 0 amide bonds. The molecule has 3 heteroatoms. The Kier molecular flexibility index (Phi) is 3.87. The molecule has 0 fully saturated rings. The van der Waals surface area contributed by atoms with Crippen LogP contribution in [0.15, 0.2) is 41.0 Å². The molecule has 1 N–H and O–H groups in total. The lowest BCUT2D eigenvalue weighted by atomic mass is 9.99. The zero-order chi connectivity index (χ0) is 12.3. The molecule has 0 bridgehead atoms. The van der Waals surface area contributed by atoms with Crippen molar-refractivity contribution in [1.29, 1.82) is 0 Å². The summed E-state index contributed by atoms with van der Waals surface area (Å²) in [6.07, 6.45) is 2.58. The second-order valence-corrected chi connectivity index (χ2v) is 4.48. The highest BCUT2D eigenvalue weighted by Crippen LogP contribution is 2.25. The number of hydrogen-bond donors (Lipinski definition) is 1. The fourth-order valence-electron chi connectivity index (χ4n) is 2.01. The third-order valence-corrected chi connectivity index (χ3v) is 3.37. The van der Waals surface area contributed by atoms with Crippen LogP contribution in [0.25, 0.3) is 0 Å². The topological polar surface area (TPSA) is 25.2 Å². The highest BCUT2D eigenvalue weighted by Gasteiger charge is 2.15. The second-order valence-electron chi connectivity index (χ2n) is 4.07. The van der Waals surface area contributed by atoms with Crippen molar-refractivity contribution >= 4 is 11.6 Å². The molecule has 0 saturated carbocycles. The summed E-state index contributed by atoms with van der Waals surface area (Å²) in [5.74, 6) is 0.955. The number of aryl methyl sites for hydroxylation is 1. The summed E-state index contributed by atoms with van der Waals surface area (Å²) in [6.45, 7) is 1.98. The van der Waals surface area contributed by atoms with E-state index in [9.17, 15) is 0 Å². The van der Waals surface area contributed by atoms with Gasteiger partial charge >= 0.3 is 0 Å². The highest BCUT2D eigenvalue weighted by molar-refractivity contribution is 6.31. The molecule has 0 radical (unpaired) electrons. The van der Waals surface area contributed by atoms with Gasteiger partial charge in [0, 0.05) is 16.6 Å². The number of halogens is 1. The number of likely N-dealkylation sites (N-methyl/N-ethyl adjacent to an activating group) is 1. The van der Waals surface area contributed by atoms with E-state index in [0.29, 0.717) is 0 Å². The molecule has 90 valence electrons. The van der Waals surface area contributed by atoms with E-state index < -0.39 is 0 Å². The Morgan fingerprint density at radius 3 is 2.65 bits per heavy atom. The highest BCUT2D eigenvalue weighted by atomic mass is 35.5. The van der Waals surface area contributed by atoms with Gasteiger partial charge in [0.25, 0.3) is 0 Å². The molecule has 0 aliphatic heterocycles. The molecule has 2 aromatic rings. The van der Waals surface area contributed by atoms with Gasteiger partial charge in [0.1, 0.15) is 5.76 Å². The zero-order valence-electron chi connectivity index (χ0n) is 10.0. The fourth-order valence-corrected chi connectivity index (χ4v) is 2.22. The number of furan rings is 1. The molecular weight excluding hydrogens is 234 g/mol. The number of hydrogen-bond acceptors (Lipinski definition) is 2. The molecule has 2 nitrogen and oxygen atoms in total. The molecule has 0 aliphatic carbocycles. The quantitative estimate of drug-likeness (QED) is 0.893. The van der Waals surface area contributed by atoms with Crippen molar-refractivity contribution < 1.29 is 4.42 Å². The lowest BCUT2D eigenvalue weighted by molar-refractivity contribution is 0.512. The van der Waals surface area contributed by atoms with E-state index in [-0.39, 0.29) is 6.04 Å². The minimum atomic E-state index is 0.230. The second kappa shape index (κ2) is 5.39. The molecule has 1 aromatic carbocycles. The van der Waals surface area contributed by atoms with E-state index in [1.165, 1.54) is 5.56 Å². The van der Waals surface area contributed by atoms with E-state index in [0.717, 1.165) is 22.8 Å². The Morgan fingerprint density at radius 1 is 1.29 bits per heavy atom. The molecule has 1 unspecified atom stereocenters. The number of rotatable bonds is 4. The maximum Gasteiger partial charge on any atom is 0.105 e. The van der Waals surface area contributed by atoms with Gasteiger partial charge in [-0.2, -0.15) is 0 Å². The monoisotopic (exact) mass is 249 g/mol. The van der Waals surface area contributed by atoms with Gasteiger partial charge in [-0.3, -0.25) is 0 Å². The summed E-state index contributed by atoms with van der Waals surface area (Å²) in [7, 11) is 1.95. The normalized spacial score (nSPS) is 12.6. The smallest absolute Gasteiger partial charge is 0.105 e. The van der Waals surface area contributed by atoms with Gasteiger partial charge in [0.15, 0.2) is 0 Å². The van der Waals surface area contributed by atoms with Crippen molar-refractivity contribution in [2.75, 3.05) is 7.05 Å². The van der Waals surface area contributed by atoms with Crippen molar-refractivity contribution in [3.63, 3.8) is 0 Å². The summed E-state index contributed by atoms with van der Waals surface area (Å²) in [5, 5.41) is 4.12. The minimum absolute atomic E-state index is 0.230. The summed E-state index contributed by atoms with van der Waals surface area (Å²) in [5.41, 5.74) is 2.33. The van der Waals surface area contributed by atoms with Crippen LogP contribution in [-0.2, 0) is 6.42 Å². The minimum Gasteiger partial charge on any atom is -0.469 e. The van der Waals surface area contributed by atoms with Gasteiger partial charge in [-0.05, 0) is 38.1 Å². The Labute approximate surface area is 107 Å². The molecule has 0 saturated heterocycles. The van der Waals surface area contributed by atoms with Crippen LogP contribution in [0.1, 0.15) is 22.9 Å². The fraction of sp³-hybridized carbons (Fsp3) is 0.286. The van der Waals surface area contributed by atoms with Gasteiger partial charge in [0.2, 0.25) is 0 Å². The number of nitrogens with one attached hydrogen (secondary N) is 1. The van der Waals surface area contributed by atoms with Crippen molar-refractivity contribution in [3.05, 3.63) is 58.5 Å². The lowest BCUT2D eigenvalue weighted by Gasteiger charge is -2.16. The van der Waals surface area contributed by atoms with E-state index in [1.54, 1.807) is 6.26 Å². The molecule has 0 spiro atoms. The molecule has 0 aliphatic rings. The van der Waals surface area contributed by atoms with Gasteiger partial charge in [-0.25, -0.2) is 0 Å². The first-order valence-electron chi connectivity index (χ1n) is 5.67. The summed E-state index contributed by atoms with van der Waals surface area (Å²) in [6, 6.07) is 10.2. The standard InChI is InChI=1S/C14H16ClNO/c1-10-12(7-8-17-10)14(16-2)9-11-5-3-4-6-13(11)15/h3-8,14,16H,9H2,1-2H3. The average molecular weight is 250 g/mol.